The van der Waals surface area contributed by atoms with E-state index in [0.29, 0.717) is 18.3 Å². The fraction of sp³-hybridized carbons (Fsp3) is 0.833. The summed E-state index contributed by atoms with van der Waals surface area (Å²) in [6.07, 6.45) is 0. The lowest BCUT2D eigenvalue weighted by Gasteiger charge is -2.44. The van der Waals surface area contributed by atoms with Gasteiger partial charge in [0, 0.05) is 43.1 Å². The standard InChI is InChI=1S/C12H20N2O3S/c1-8-5-13(3-4-18-8)12(17)14-6-10(7-14)9(2)11(15)16/h8-10H,3-7H2,1-2H3,(H,15,16). The van der Waals surface area contributed by atoms with Gasteiger partial charge in [0.25, 0.3) is 0 Å². The molecule has 0 saturated carbocycles. The normalized spacial score (nSPS) is 26.7. The first-order chi connectivity index (χ1) is 8.49. The summed E-state index contributed by atoms with van der Waals surface area (Å²) in [5.41, 5.74) is 0. The molecule has 2 heterocycles. The average molecular weight is 272 g/mol. The number of aliphatic carboxylic acids is 1. The third-order valence-electron chi connectivity index (χ3n) is 3.79. The van der Waals surface area contributed by atoms with E-state index < -0.39 is 5.97 Å². The number of likely N-dealkylation sites (tertiary alicyclic amines) is 1. The third kappa shape index (κ3) is 2.74. The molecule has 0 aliphatic carbocycles. The van der Waals surface area contributed by atoms with Gasteiger partial charge >= 0.3 is 12.0 Å². The van der Waals surface area contributed by atoms with Gasteiger partial charge in [-0.3, -0.25) is 4.79 Å². The Morgan fingerprint density at radius 3 is 2.50 bits per heavy atom. The van der Waals surface area contributed by atoms with Gasteiger partial charge in [0.15, 0.2) is 0 Å². The van der Waals surface area contributed by atoms with Gasteiger partial charge in [-0.2, -0.15) is 11.8 Å². The Bertz CT molecular complexity index is 344. The van der Waals surface area contributed by atoms with Crippen molar-refractivity contribution in [3.05, 3.63) is 0 Å². The molecule has 2 atom stereocenters. The van der Waals surface area contributed by atoms with Crippen molar-refractivity contribution in [3.63, 3.8) is 0 Å². The van der Waals surface area contributed by atoms with Crippen LogP contribution in [0.3, 0.4) is 0 Å². The Balaban J connectivity index is 1.81. The number of urea groups is 1. The molecule has 18 heavy (non-hydrogen) atoms. The van der Waals surface area contributed by atoms with Crippen LogP contribution in [0.25, 0.3) is 0 Å². The lowest BCUT2D eigenvalue weighted by atomic mass is 9.87. The Kier molecular flexibility index (Phi) is 4.04. The lowest BCUT2D eigenvalue weighted by Crippen LogP contribution is -2.58. The van der Waals surface area contributed by atoms with E-state index >= 15 is 0 Å². The summed E-state index contributed by atoms with van der Waals surface area (Å²) in [5.74, 6) is -0.0154. The summed E-state index contributed by atoms with van der Waals surface area (Å²) in [7, 11) is 0. The highest BCUT2D eigenvalue weighted by Crippen LogP contribution is 2.26. The minimum atomic E-state index is -0.768. The van der Waals surface area contributed by atoms with Gasteiger partial charge in [0.1, 0.15) is 0 Å². The molecule has 5 nitrogen and oxygen atoms in total. The van der Waals surface area contributed by atoms with Gasteiger partial charge in [-0.15, -0.1) is 0 Å². The molecule has 6 heteroatoms. The van der Waals surface area contributed by atoms with Gasteiger partial charge in [0.2, 0.25) is 0 Å². The van der Waals surface area contributed by atoms with E-state index in [2.05, 4.69) is 6.92 Å². The van der Waals surface area contributed by atoms with Crippen LogP contribution in [-0.2, 0) is 4.79 Å². The van der Waals surface area contributed by atoms with Crippen LogP contribution in [-0.4, -0.2) is 64.1 Å². The van der Waals surface area contributed by atoms with E-state index in [1.807, 2.05) is 16.7 Å². The van der Waals surface area contributed by atoms with Gasteiger partial charge in [-0.1, -0.05) is 13.8 Å². The van der Waals surface area contributed by atoms with Crippen LogP contribution >= 0.6 is 11.8 Å². The van der Waals surface area contributed by atoms with Crippen LogP contribution < -0.4 is 0 Å². The van der Waals surface area contributed by atoms with Crippen molar-refractivity contribution < 1.29 is 14.7 Å². The van der Waals surface area contributed by atoms with Crippen LogP contribution in [0.5, 0.6) is 0 Å². The number of carbonyl (C=O) groups is 2. The largest absolute Gasteiger partial charge is 0.481 e. The number of rotatable bonds is 2. The van der Waals surface area contributed by atoms with Crippen molar-refractivity contribution >= 4 is 23.8 Å². The highest BCUT2D eigenvalue weighted by molar-refractivity contribution is 7.99. The maximum Gasteiger partial charge on any atom is 0.320 e. The second-order valence-corrected chi connectivity index (χ2v) is 6.75. The van der Waals surface area contributed by atoms with Gasteiger partial charge < -0.3 is 14.9 Å². The smallest absolute Gasteiger partial charge is 0.320 e. The SMILES string of the molecule is CC1CN(C(=O)N2CC(C(C)C(=O)O)C2)CCS1. The zero-order valence-electron chi connectivity index (χ0n) is 10.8. The van der Waals surface area contributed by atoms with E-state index in [1.54, 1.807) is 11.8 Å². The first-order valence-electron chi connectivity index (χ1n) is 6.37. The van der Waals surface area contributed by atoms with Crippen LogP contribution in [0.2, 0.25) is 0 Å². The summed E-state index contributed by atoms with van der Waals surface area (Å²) in [4.78, 5) is 26.7. The number of carboxylic acids is 1. The number of hydrogen-bond acceptors (Lipinski definition) is 3. The number of nitrogens with zero attached hydrogens (tertiary/aromatic N) is 2. The molecule has 2 fully saturated rings. The molecule has 2 aliphatic heterocycles. The zero-order valence-corrected chi connectivity index (χ0v) is 11.7. The fourth-order valence-electron chi connectivity index (χ4n) is 2.38. The molecule has 0 aromatic heterocycles. The molecule has 2 unspecified atom stereocenters. The lowest BCUT2D eigenvalue weighted by molar-refractivity contribution is -0.144. The van der Waals surface area contributed by atoms with E-state index in [4.69, 9.17) is 5.11 Å². The van der Waals surface area contributed by atoms with Gasteiger partial charge in [0.05, 0.1) is 5.92 Å². The molecular weight excluding hydrogens is 252 g/mol. The summed E-state index contributed by atoms with van der Waals surface area (Å²) < 4.78 is 0. The molecule has 0 spiro atoms. The number of amides is 2. The molecule has 2 amide bonds. The second kappa shape index (κ2) is 5.38. The summed E-state index contributed by atoms with van der Waals surface area (Å²) in [6.45, 7) is 6.64. The summed E-state index contributed by atoms with van der Waals surface area (Å²) in [6, 6.07) is 0.0796. The molecule has 0 aromatic rings. The first kappa shape index (κ1) is 13.5. The Hall–Kier alpha value is -0.910. The van der Waals surface area contributed by atoms with Crippen molar-refractivity contribution in [3.8, 4) is 0 Å². The first-order valence-corrected chi connectivity index (χ1v) is 7.42. The molecule has 102 valence electrons. The Morgan fingerprint density at radius 1 is 1.28 bits per heavy atom. The Morgan fingerprint density at radius 2 is 1.94 bits per heavy atom. The molecule has 0 radical (unpaired) electrons. The van der Waals surface area contributed by atoms with Crippen molar-refractivity contribution in [1.29, 1.82) is 0 Å². The maximum absolute atomic E-state index is 12.2. The minimum Gasteiger partial charge on any atom is -0.481 e. The van der Waals surface area contributed by atoms with Crippen molar-refractivity contribution in [2.75, 3.05) is 31.9 Å². The van der Waals surface area contributed by atoms with E-state index in [9.17, 15) is 9.59 Å². The predicted octanol–water partition coefficient (Wildman–Crippen LogP) is 1.20. The number of carboxylic acid groups (broad SMARTS) is 1. The van der Waals surface area contributed by atoms with Gasteiger partial charge in [-0.25, -0.2) is 4.79 Å². The van der Waals surface area contributed by atoms with E-state index in [1.165, 1.54) is 0 Å². The molecule has 0 aromatic carbocycles. The minimum absolute atomic E-state index is 0.0796. The van der Waals surface area contributed by atoms with E-state index in [-0.39, 0.29) is 17.9 Å². The number of hydrogen-bond donors (Lipinski definition) is 1. The van der Waals surface area contributed by atoms with Crippen LogP contribution in [0, 0.1) is 11.8 Å². The fourth-order valence-corrected chi connectivity index (χ4v) is 3.39. The van der Waals surface area contributed by atoms with Crippen molar-refractivity contribution in [1.82, 2.24) is 9.80 Å². The Labute approximate surface area is 112 Å². The van der Waals surface area contributed by atoms with Gasteiger partial charge in [-0.05, 0) is 0 Å². The zero-order chi connectivity index (χ0) is 13.3. The molecular formula is C12H20N2O3S. The highest BCUT2D eigenvalue weighted by Gasteiger charge is 2.39. The monoisotopic (exact) mass is 272 g/mol. The average Bonchev–Trinajstić information content (AvgIpc) is 2.26. The maximum atomic E-state index is 12.2. The van der Waals surface area contributed by atoms with Crippen molar-refractivity contribution in [2.24, 2.45) is 11.8 Å². The summed E-state index contributed by atoms with van der Waals surface area (Å²) in [5, 5.41) is 9.41. The molecule has 1 N–H and O–H groups in total. The van der Waals surface area contributed by atoms with Crippen LogP contribution in [0.4, 0.5) is 4.79 Å². The summed E-state index contributed by atoms with van der Waals surface area (Å²) >= 11 is 1.90. The third-order valence-corrected chi connectivity index (χ3v) is 4.92. The number of carbonyl (C=O) groups excluding carboxylic acids is 1. The van der Waals surface area contributed by atoms with Crippen molar-refractivity contribution in [2.45, 2.75) is 19.1 Å². The van der Waals surface area contributed by atoms with Crippen LogP contribution in [0.1, 0.15) is 13.8 Å². The molecule has 2 saturated heterocycles. The molecule has 2 aliphatic rings. The molecule has 2 rings (SSSR count). The predicted molar refractivity (Wildman–Crippen MR) is 70.8 cm³/mol. The van der Waals surface area contributed by atoms with Crippen LogP contribution in [0.15, 0.2) is 0 Å². The van der Waals surface area contributed by atoms with E-state index in [0.717, 1.165) is 18.8 Å². The quantitative estimate of drug-likeness (QED) is 0.820. The topological polar surface area (TPSA) is 60.9 Å². The molecule has 0 bridgehead atoms. The number of thioether (sulfide) groups is 1. The second-order valence-electron chi connectivity index (χ2n) is 5.20. The highest BCUT2D eigenvalue weighted by atomic mass is 32.2.